The number of nitrogens with one attached hydrogen (secondary N) is 3. The van der Waals surface area contributed by atoms with Crippen LogP contribution in [0.15, 0.2) is 42.9 Å². The molecule has 2 saturated heterocycles. The molecule has 0 amide bonds. The van der Waals surface area contributed by atoms with Crippen LogP contribution in [0.2, 0.25) is 0 Å². The summed E-state index contributed by atoms with van der Waals surface area (Å²) in [6.45, 7) is 2.16. The molecular formula is C21H24N6. The minimum Gasteiger partial charge on any atom is -0.341 e. The highest BCUT2D eigenvalue weighted by Gasteiger charge is 2.19. The van der Waals surface area contributed by atoms with Crippen LogP contribution in [0.5, 0.6) is 0 Å². The lowest BCUT2D eigenvalue weighted by Crippen LogP contribution is -2.14. The van der Waals surface area contributed by atoms with Crippen LogP contribution in [0.25, 0.3) is 22.6 Å². The summed E-state index contributed by atoms with van der Waals surface area (Å²) in [6.07, 6.45) is 10.4. The lowest BCUT2D eigenvalue weighted by molar-refractivity contribution is 0.613. The average Bonchev–Trinajstić information content (AvgIpc) is 3.50. The fraction of sp³-hybridized carbons (Fsp3) is 0.381. The third-order valence-corrected chi connectivity index (χ3v) is 5.56. The number of aromatic nitrogens is 4. The summed E-state index contributed by atoms with van der Waals surface area (Å²) in [7, 11) is 0. The minimum absolute atomic E-state index is 0.339. The maximum Gasteiger partial charge on any atom is 0.159 e. The van der Waals surface area contributed by atoms with Gasteiger partial charge in [0.15, 0.2) is 5.82 Å². The van der Waals surface area contributed by atoms with Gasteiger partial charge in [-0.25, -0.2) is 15.0 Å². The summed E-state index contributed by atoms with van der Waals surface area (Å²) >= 11 is 0. The van der Waals surface area contributed by atoms with Gasteiger partial charge < -0.3 is 15.6 Å². The van der Waals surface area contributed by atoms with Gasteiger partial charge in [-0.05, 0) is 50.4 Å². The van der Waals surface area contributed by atoms with E-state index in [-0.39, 0.29) is 0 Å². The number of hydrogen-bond acceptors (Lipinski definition) is 5. The number of imidazole rings is 1. The zero-order chi connectivity index (χ0) is 18.1. The van der Waals surface area contributed by atoms with Crippen molar-refractivity contribution in [1.82, 2.24) is 30.6 Å². The summed E-state index contributed by atoms with van der Waals surface area (Å²) < 4.78 is 0. The monoisotopic (exact) mass is 360 g/mol. The Balaban J connectivity index is 1.36. The molecule has 2 aromatic heterocycles. The van der Waals surface area contributed by atoms with Gasteiger partial charge in [0.25, 0.3) is 0 Å². The Kier molecular flexibility index (Phi) is 4.43. The smallest absolute Gasteiger partial charge is 0.159 e. The molecule has 1 aromatic carbocycles. The number of rotatable bonds is 4. The van der Waals surface area contributed by atoms with Crippen LogP contribution in [-0.4, -0.2) is 33.0 Å². The van der Waals surface area contributed by atoms with E-state index in [2.05, 4.69) is 54.8 Å². The van der Waals surface area contributed by atoms with Crippen molar-refractivity contribution >= 4 is 0 Å². The summed E-state index contributed by atoms with van der Waals surface area (Å²) in [5, 5.41) is 7.02. The van der Waals surface area contributed by atoms with Crippen LogP contribution in [0.4, 0.5) is 0 Å². The van der Waals surface area contributed by atoms with E-state index in [1.165, 1.54) is 24.8 Å². The van der Waals surface area contributed by atoms with E-state index in [0.29, 0.717) is 12.1 Å². The molecule has 5 rings (SSSR count). The predicted octanol–water partition coefficient (Wildman–Crippen LogP) is 3.38. The van der Waals surface area contributed by atoms with Crippen LogP contribution < -0.4 is 10.6 Å². The molecule has 0 radical (unpaired) electrons. The van der Waals surface area contributed by atoms with Gasteiger partial charge in [-0.15, -0.1) is 0 Å². The fourth-order valence-corrected chi connectivity index (χ4v) is 4.06. The Bertz CT molecular complexity index is 904. The molecule has 2 aliphatic heterocycles. The zero-order valence-electron chi connectivity index (χ0n) is 15.3. The predicted molar refractivity (Wildman–Crippen MR) is 105 cm³/mol. The number of aromatic amines is 1. The quantitative estimate of drug-likeness (QED) is 0.665. The summed E-state index contributed by atoms with van der Waals surface area (Å²) in [5.74, 6) is 1.76. The molecule has 0 bridgehead atoms. The molecule has 6 heteroatoms. The Morgan fingerprint density at radius 1 is 0.815 bits per heavy atom. The number of hydrogen-bond donors (Lipinski definition) is 3. The lowest BCUT2D eigenvalue weighted by atomic mass is 10.0. The number of nitrogens with zero attached hydrogens (tertiary/aromatic N) is 3. The van der Waals surface area contributed by atoms with E-state index < -0.39 is 0 Å². The molecule has 0 spiro atoms. The van der Waals surface area contributed by atoms with Gasteiger partial charge in [-0.3, -0.25) is 0 Å². The summed E-state index contributed by atoms with van der Waals surface area (Å²) in [5.41, 5.74) is 4.31. The molecule has 27 heavy (non-hydrogen) atoms. The van der Waals surface area contributed by atoms with Crippen molar-refractivity contribution in [3.8, 4) is 22.6 Å². The summed E-state index contributed by atoms with van der Waals surface area (Å²) in [4.78, 5) is 17.2. The highest BCUT2D eigenvalue weighted by Crippen LogP contribution is 2.27. The van der Waals surface area contributed by atoms with Crippen LogP contribution in [0, 0.1) is 0 Å². The first-order chi connectivity index (χ1) is 13.4. The maximum atomic E-state index is 4.60. The van der Waals surface area contributed by atoms with E-state index in [0.717, 1.165) is 48.0 Å². The largest absolute Gasteiger partial charge is 0.341 e. The van der Waals surface area contributed by atoms with Crippen molar-refractivity contribution in [1.29, 1.82) is 0 Å². The van der Waals surface area contributed by atoms with E-state index in [9.17, 15) is 0 Å². The van der Waals surface area contributed by atoms with Gasteiger partial charge in [0.05, 0.1) is 17.9 Å². The maximum absolute atomic E-state index is 4.60. The molecule has 4 heterocycles. The van der Waals surface area contributed by atoms with Gasteiger partial charge in [-0.2, -0.15) is 0 Å². The van der Waals surface area contributed by atoms with Crippen LogP contribution in [-0.2, 0) is 0 Å². The second-order valence-corrected chi connectivity index (χ2v) is 7.40. The van der Waals surface area contributed by atoms with E-state index >= 15 is 0 Å². The first-order valence-corrected chi connectivity index (χ1v) is 9.81. The van der Waals surface area contributed by atoms with Crippen LogP contribution >= 0.6 is 0 Å². The van der Waals surface area contributed by atoms with Crippen molar-refractivity contribution in [3.05, 3.63) is 54.2 Å². The Labute approximate surface area is 158 Å². The first kappa shape index (κ1) is 16.6. The highest BCUT2D eigenvalue weighted by molar-refractivity contribution is 5.61. The molecular weight excluding hydrogens is 336 g/mol. The molecule has 2 atom stereocenters. The molecule has 2 aliphatic rings. The fourth-order valence-electron chi connectivity index (χ4n) is 4.06. The molecule has 0 aliphatic carbocycles. The highest BCUT2D eigenvalue weighted by atomic mass is 15.0. The Hall–Kier alpha value is -2.57. The SMILES string of the molecule is c1cc(-c2ncc(-c3cnc(C4CCCN4)[nH]3)cn2)cc(C2CCCN2)c1. The van der Waals surface area contributed by atoms with Crippen molar-refractivity contribution in [2.24, 2.45) is 0 Å². The second-order valence-electron chi connectivity index (χ2n) is 7.40. The van der Waals surface area contributed by atoms with E-state index in [1.54, 1.807) is 0 Å². The topological polar surface area (TPSA) is 78.5 Å². The van der Waals surface area contributed by atoms with Crippen molar-refractivity contribution < 1.29 is 0 Å². The Morgan fingerprint density at radius 2 is 1.59 bits per heavy atom. The molecule has 3 N–H and O–H groups in total. The molecule has 0 saturated carbocycles. The number of benzene rings is 1. The molecule has 3 aromatic rings. The standard InChI is InChI=1S/C21H24N6/c1-4-14(17-6-2-8-22-17)10-15(5-1)20-24-11-16(12-25-20)19-13-26-21(27-19)18-7-3-9-23-18/h1,4-5,10-13,17-18,22-23H,2-3,6-9H2,(H,26,27). The molecule has 2 unspecified atom stereocenters. The van der Waals surface area contributed by atoms with E-state index in [1.807, 2.05) is 18.6 Å². The van der Waals surface area contributed by atoms with Gasteiger partial charge >= 0.3 is 0 Å². The van der Waals surface area contributed by atoms with Gasteiger partial charge in [-0.1, -0.05) is 18.2 Å². The molecule has 2 fully saturated rings. The molecule has 138 valence electrons. The van der Waals surface area contributed by atoms with Crippen LogP contribution in [0.3, 0.4) is 0 Å². The van der Waals surface area contributed by atoms with Crippen molar-refractivity contribution in [3.63, 3.8) is 0 Å². The average molecular weight is 360 g/mol. The van der Waals surface area contributed by atoms with Crippen LogP contribution in [0.1, 0.15) is 49.2 Å². The normalized spacial score (nSPS) is 22.4. The van der Waals surface area contributed by atoms with Gasteiger partial charge in [0, 0.05) is 29.6 Å². The third-order valence-electron chi connectivity index (χ3n) is 5.56. The second kappa shape index (κ2) is 7.21. The molecule has 6 nitrogen and oxygen atoms in total. The Morgan fingerprint density at radius 3 is 2.33 bits per heavy atom. The van der Waals surface area contributed by atoms with E-state index in [4.69, 9.17) is 0 Å². The van der Waals surface area contributed by atoms with Crippen molar-refractivity contribution in [2.45, 2.75) is 37.8 Å². The van der Waals surface area contributed by atoms with Crippen molar-refractivity contribution in [2.75, 3.05) is 13.1 Å². The van der Waals surface area contributed by atoms with Gasteiger partial charge in [0.1, 0.15) is 5.82 Å². The van der Waals surface area contributed by atoms with Gasteiger partial charge in [0.2, 0.25) is 0 Å². The number of H-pyrrole nitrogens is 1. The first-order valence-electron chi connectivity index (χ1n) is 9.81. The lowest BCUT2D eigenvalue weighted by Gasteiger charge is -2.11. The summed E-state index contributed by atoms with van der Waals surface area (Å²) in [6, 6.07) is 9.36. The minimum atomic E-state index is 0.339. The third kappa shape index (κ3) is 3.38. The zero-order valence-corrected chi connectivity index (χ0v) is 15.3.